The van der Waals surface area contributed by atoms with Crippen LogP contribution in [-0.4, -0.2) is 0 Å². The van der Waals surface area contributed by atoms with E-state index in [1.165, 1.54) is 0 Å². The van der Waals surface area contributed by atoms with Gasteiger partial charge in [-0.05, 0) is 54.5 Å². The summed E-state index contributed by atoms with van der Waals surface area (Å²) in [5.74, 6) is -6.70. The molecule has 0 saturated carbocycles. The largest absolute Gasteiger partial charge is 0.422 e. The Morgan fingerprint density at radius 1 is 0.735 bits per heavy atom. The van der Waals surface area contributed by atoms with Gasteiger partial charge in [-0.3, -0.25) is 5.11 Å². The van der Waals surface area contributed by atoms with Gasteiger partial charge in [-0.2, -0.15) is 13.2 Å². The van der Waals surface area contributed by atoms with Gasteiger partial charge >= 0.3 is 6.18 Å². The normalized spacial score (nSPS) is 11.8. The smallest absolute Gasteiger partial charge is 0.289 e. The maximum atomic E-state index is 15.2. The van der Waals surface area contributed by atoms with Gasteiger partial charge in [0.2, 0.25) is 0 Å². The van der Waals surface area contributed by atoms with Gasteiger partial charge in [-0.15, -0.1) is 0 Å². The third kappa shape index (κ3) is 5.72. The first kappa shape index (κ1) is 25.6. The Bertz CT molecular complexity index is 1130. The molecule has 0 unspecified atom stereocenters. The second kappa shape index (κ2) is 10.5. The highest BCUT2D eigenvalue weighted by atomic mass is 19.4. The fourth-order valence-electron chi connectivity index (χ4n) is 3.86. The van der Waals surface area contributed by atoms with E-state index in [9.17, 15) is 31.4 Å². The molecule has 0 aliphatic heterocycles. The molecule has 1 nitrogen and oxygen atoms in total. The van der Waals surface area contributed by atoms with E-state index in [1.807, 2.05) is 0 Å². The molecule has 0 aromatic heterocycles. The molecule has 3 aromatic carbocycles. The van der Waals surface area contributed by atoms with Crippen molar-refractivity contribution in [3.05, 3.63) is 88.0 Å². The number of benzene rings is 3. The molecule has 0 N–H and O–H groups in total. The first-order valence-corrected chi connectivity index (χ1v) is 10.8. The zero-order chi connectivity index (χ0) is 25.0. The van der Waals surface area contributed by atoms with Gasteiger partial charge < -0.3 is 0 Å². The maximum absolute atomic E-state index is 15.2. The van der Waals surface area contributed by atoms with Crippen molar-refractivity contribution in [2.45, 2.75) is 51.6 Å². The van der Waals surface area contributed by atoms with Crippen molar-refractivity contribution in [3.63, 3.8) is 0 Å². The Morgan fingerprint density at radius 3 is 1.91 bits per heavy atom. The molecule has 0 spiro atoms. The zero-order valence-corrected chi connectivity index (χ0v) is 18.3. The van der Waals surface area contributed by atoms with Crippen molar-refractivity contribution in [3.8, 4) is 16.9 Å². The number of aryl methyl sites for hydroxylation is 2. The van der Waals surface area contributed by atoms with Gasteiger partial charge in [0.25, 0.3) is 0 Å². The molecule has 0 amide bonds. The molecule has 3 rings (SSSR count). The predicted molar refractivity (Wildman–Crippen MR) is 114 cm³/mol. The summed E-state index contributed by atoms with van der Waals surface area (Å²) in [4.78, 5) is 0. The van der Waals surface area contributed by atoms with Crippen LogP contribution in [0.3, 0.4) is 0 Å². The Kier molecular flexibility index (Phi) is 7.89. The van der Waals surface area contributed by atoms with E-state index in [4.69, 9.17) is 0 Å². The summed E-state index contributed by atoms with van der Waals surface area (Å²) in [6.07, 6.45) is -2.02. The summed E-state index contributed by atoms with van der Waals surface area (Å²) >= 11 is 0. The molecule has 8 heteroatoms. The molecular formula is C26H22F7O. The van der Waals surface area contributed by atoms with Crippen molar-refractivity contribution in [1.82, 2.24) is 0 Å². The van der Waals surface area contributed by atoms with Gasteiger partial charge in [-0.25, -0.2) is 17.6 Å². The van der Waals surface area contributed by atoms with Crippen molar-refractivity contribution in [1.29, 1.82) is 0 Å². The molecule has 3 aromatic rings. The van der Waals surface area contributed by atoms with Crippen molar-refractivity contribution >= 4 is 0 Å². The number of rotatable bonds is 8. The third-order valence-corrected chi connectivity index (χ3v) is 5.64. The topological polar surface area (TPSA) is 19.9 Å². The lowest BCUT2D eigenvalue weighted by atomic mass is 9.95. The second-order valence-electron chi connectivity index (χ2n) is 8.11. The highest BCUT2D eigenvalue weighted by Gasteiger charge is 2.37. The van der Waals surface area contributed by atoms with Gasteiger partial charge in [0.15, 0.2) is 5.75 Å². The molecule has 181 valence electrons. The number of hydrogen-bond donors (Lipinski definition) is 0. The van der Waals surface area contributed by atoms with Crippen LogP contribution in [0.1, 0.15) is 48.4 Å². The lowest BCUT2D eigenvalue weighted by Crippen LogP contribution is -2.12. The van der Waals surface area contributed by atoms with E-state index in [2.05, 4.69) is 6.92 Å². The van der Waals surface area contributed by atoms with Crippen molar-refractivity contribution in [2.75, 3.05) is 0 Å². The summed E-state index contributed by atoms with van der Waals surface area (Å²) in [5, 5.41) is 12.3. The van der Waals surface area contributed by atoms with Crippen LogP contribution in [0.5, 0.6) is 5.75 Å². The summed E-state index contributed by atoms with van der Waals surface area (Å²) in [7, 11) is 0. The number of halogens is 7. The number of alkyl halides is 3. The Hall–Kier alpha value is -3.03. The highest BCUT2D eigenvalue weighted by molar-refractivity contribution is 5.72. The average Bonchev–Trinajstić information content (AvgIpc) is 2.73. The quantitative estimate of drug-likeness (QED) is 0.226. The van der Waals surface area contributed by atoms with E-state index >= 15 is 4.39 Å². The minimum absolute atomic E-state index is 0.203. The van der Waals surface area contributed by atoms with E-state index in [0.29, 0.717) is 18.2 Å². The summed E-state index contributed by atoms with van der Waals surface area (Å²) in [5.41, 5.74) is -1.77. The standard InChI is InChI=1S/C26H22F7O/c1-2-3-4-5-15-6-9-17(10-7-15)23-22(34)14-19(27)18(25(23)30)11-8-16-12-20(28)24(21(29)13-16)26(31,32)33/h6-7,9-10,12-14H,2-5,8,11H2,1H3. The third-order valence-electron chi connectivity index (χ3n) is 5.64. The van der Waals surface area contributed by atoms with Gasteiger partial charge in [0, 0.05) is 11.6 Å². The lowest BCUT2D eigenvalue weighted by Gasteiger charge is -2.13. The Morgan fingerprint density at radius 2 is 1.35 bits per heavy atom. The maximum Gasteiger partial charge on any atom is 0.422 e. The minimum atomic E-state index is -5.21. The zero-order valence-electron chi connectivity index (χ0n) is 18.3. The Labute approximate surface area is 192 Å². The summed E-state index contributed by atoms with van der Waals surface area (Å²) in [6.45, 7) is 2.08. The van der Waals surface area contributed by atoms with Crippen LogP contribution in [0.25, 0.3) is 11.1 Å². The molecule has 0 saturated heterocycles. The highest BCUT2D eigenvalue weighted by Crippen LogP contribution is 2.37. The second-order valence-corrected chi connectivity index (χ2v) is 8.11. The van der Waals surface area contributed by atoms with Crippen LogP contribution < -0.4 is 0 Å². The molecule has 0 aliphatic carbocycles. The Balaban J connectivity index is 1.86. The molecule has 0 aliphatic rings. The molecule has 0 heterocycles. The fraction of sp³-hybridized carbons (Fsp3) is 0.308. The first-order valence-electron chi connectivity index (χ1n) is 10.8. The minimum Gasteiger partial charge on any atom is -0.289 e. The van der Waals surface area contributed by atoms with Crippen molar-refractivity contribution in [2.24, 2.45) is 0 Å². The van der Waals surface area contributed by atoms with E-state index in [-0.39, 0.29) is 23.1 Å². The summed E-state index contributed by atoms with van der Waals surface area (Å²) in [6, 6.07) is 8.29. The molecule has 0 bridgehead atoms. The summed E-state index contributed by atoms with van der Waals surface area (Å²) < 4.78 is 95.4. The fourth-order valence-corrected chi connectivity index (χ4v) is 3.86. The molecule has 0 atom stereocenters. The SMILES string of the molecule is CCCCCc1ccc(-c2c([O])cc(F)c(CCc3cc(F)c(C(F)(F)F)c(F)c3)c2F)cc1. The molecule has 1 radical (unpaired) electrons. The van der Waals surface area contributed by atoms with Crippen LogP contribution in [0, 0.1) is 23.3 Å². The number of unbranched alkanes of at least 4 members (excludes halogenated alkanes) is 2. The lowest BCUT2D eigenvalue weighted by molar-refractivity contribution is -0.142. The predicted octanol–water partition coefficient (Wildman–Crippen LogP) is 8.59. The van der Waals surface area contributed by atoms with Gasteiger partial charge in [0.05, 0.1) is 5.56 Å². The van der Waals surface area contributed by atoms with E-state index in [0.717, 1.165) is 31.2 Å². The van der Waals surface area contributed by atoms with Crippen LogP contribution in [0.2, 0.25) is 0 Å². The average molecular weight is 483 g/mol. The van der Waals surface area contributed by atoms with Gasteiger partial charge in [-0.1, -0.05) is 44.0 Å². The number of hydrogen-bond acceptors (Lipinski definition) is 0. The molecular weight excluding hydrogens is 461 g/mol. The van der Waals surface area contributed by atoms with Crippen LogP contribution in [-0.2, 0) is 30.5 Å². The van der Waals surface area contributed by atoms with E-state index in [1.54, 1.807) is 24.3 Å². The van der Waals surface area contributed by atoms with Crippen LogP contribution in [0.15, 0.2) is 42.5 Å². The van der Waals surface area contributed by atoms with Crippen molar-refractivity contribution < 1.29 is 35.8 Å². The van der Waals surface area contributed by atoms with E-state index < -0.39 is 52.7 Å². The molecule has 34 heavy (non-hydrogen) atoms. The van der Waals surface area contributed by atoms with Crippen LogP contribution >= 0.6 is 0 Å². The van der Waals surface area contributed by atoms with Crippen LogP contribution in [0.4, 0.5) is 30.7 Å². The molecule has 0 fully saturated rings. The first-order chi connectivity index (χ1) is 16.0. The monoisotopic (exact) mass is 483 g/mol. The van der Waals surface area contributed by atoms with Gasteiger partial charge in [0.1, 0.15) is 28.8 Å².